The molecule has 72 valence electrons. The number of carboxylic acid groups (broad SMARTS) is 1. The quantitative estimate of drug-likeness (QED) is 0.542. The first-order valence-corrected chi connectivity index (χ1v) is 4.90. The molecule has 0 aromatic heterocycles. The van der Waals surface area contributed by atoms with E-state index in [2.05, 4.69) is 0 Å². The van der Waals surface area contributed by atoms with Gasteiger partial charge < -0.3 is 15.9 Å². The van der Waals surface area contributed by atoms with Crippen LogP contribution < -0.4 is 5.73 Å². The van der Waals surface area contributed by atoms with Crippen LogP contribution in [0, 0.1) is 5.92 Å². The highest BCUT2D eigenvalue weighted by Crippen LogP contribution is 2.08. The zero-order valence-corrected chi connectivity index (χ0v) is 7.88. The van der Waals surface area contributed by atoms with E-state index in [-0.39, 0.29) is 12.5 Å². The van der Waals surface area contributed by atoms with Gasteiger partial charge in [-0.25, -0.2) is 0 Å². The summed E-state index contributed by atoms with van der Waals surface area (Å²) in [4.78, 5) is 10.3. The van der Waals surface area contributed by atoms with Crippen molar-refractivity contribution in [1.29, 1.82) is 0 Å². The first kappa shape index (κ1) is 11.7. The third-order valence-electron chi connectivity index (χ3n) is 1.33. The molecule has 0 rings (SSSR count). The average Bonchev–Trinajstić information content (AvgIpc) is 2.03. The summed E-state index contributed by atoms with van der Waals surface area (Å²) in [5.74, 6) is 0.382. The number of aliphatic hydroxyl groups is 1. The van der Waals surface area contributed by atoms with Crippen LogP contribution >= 0.6 is 11.8 Å². The van der Waals surface area contributed by atoms with Crippen LogP contribution in [0.1, 0.15) is 6.92 Å². The minimum absolute atomic E-state index is 0.134. The predicted octanol–water partition coefficient (Wildman–Crippen LogP) is -0.240. The van der Waals surface area contributed by atoms with E-state index >= 15 is 0 Å². The molecule has 12 heavy (non-hydrogen) atoms. The van der Waals surface area contributed by atoms with E-state index in [0.717, 1.165) is 5.75 Å². The fraction of sp³-hybridized carbons (Fsp3) is 0.857. The summed E-state index contributed by atoms with van der Waals surface area (Å²) in [5, 5.41) is 17.1. The summed E-state index contributed by atoms with van der Waals surface area (Å²) < 4.78 is 0. The highest BCUT2D eigenvalue weighted by Gasteiger charge is 2.11. The first-order valence-electron chi connectivity index (χ1n) is 3.75. The number of aliphatic carboxylic acids is 1. The summed E-state index contributed by atoms with van der Waals surface area (Å²) in [6.07, 6.45) is 0. The number of hydrogen-bond acceptors (Lipinski definition) is 4. The van der Waals surface area contributed by atoms with Crippen LogP contribution in [-0.4, -0.2) is 40.3 Å². The van der Waals surface area contributed by atoms with Crippen LogP contribution in [0.25, 0.3) is 0 Å². The maximum atomic E-state index is 10.3. The SMILES string of the molecule is CC(CO)CSC[C@H](N)C(=O)O. The molecule has 5 heteroatoms. The Kier molecular flexibility index (Phi) is 6.14. The third kappa shape index (κ3) is 5.40. The van der Waals surface area contributed by atoms with Gasteiger partial charge in [-0.1, -0.05) is 6.92 Å². The Morgan fingerprint density at radius 3 is 2.58 bits per heavy atom. The lowest BCUT2D eigenvalue weighted by Crippen LogP contribution is -2.32. The lowest BCUT2D eigenvalue weighted by molar-refractivity contribution is -0.137. The molecule has 0 radical (unpaired) electrons. The monoisotopic (exact) mass is 193 g/mol. The van der Waals surface area contributed by atoms with Crippen molar-refractivity contribution in [3.63, 3.8) is 0 Å². The maximum Gasteiger partial charge on any atom is 0.321 e. The Bertz CT molecular complexity index is 143. The Morgan fingerprint density at radius 2 is 2.17 bits per heavy atom. The van der Waals surface area contributed by atoms with Crippen molar-refractivity contribution in [3.05, 3.63) is 0 Å². The molecule has 0 amide bonds. The van der Waals surface area contributed by atoms with Crippen molar-refractivity contribution in [3.8, 4) is 0 Å². The Hall–Kier alpha value is -0.260. The molecule has 0 aromatic rings. The van der Waals surface area contributed by atoms with E-state index < -0.39 is 12.0 Å². The number of thioether (sulfide) groups is 1. The van der Waals surface area contributed by atoms with Crippen molar-refractivity contribution in [2.45, 2.75) is 13.0 Å². The molecule has 0 spiro atoms. The van der Waals surface area contributed by atoms with Gasteiger partial charge in [0.2, 0.25) is 0 Å². The molecule has 4 nitrogen and oxygen atoms in total. The number of aliphatic hydroxyl groups excluding tert-OH is 1. The Morgan fingerprint density at radius 1 is 1.58 bits per heavy atom. The van der Waals surface area contributed by atoms with Gasteiger partial charge in [-0.3, -0.25) is 4.79 Å². The standard InChI is InChI=1S/C7H15NO3S/c1-5(2-9)3-12-4-6(8)7(10)11/h5-6,9H,2-4,8H2,1H3,(H,10,11)/t5?,6-/m0/s1. The summed E-state index contributed by atoms with van der Waals surface area (Å²) in [7, 11) is 0. The topological polar surface area (TPSA) is 83.5 Å². The van der Waals surface area contributed by atoms with Crippen molar-refractivity contribution in [2.75, 3.05) is 18.1 Å². The highest BCUT2D eigenvalue weighted by atomic mass is 32.2. The van der Waals surface area contributed by atoms with Crippen LogP contribution in [0.15, 0.2) is 0 Å². The molecule has 0 aliphatic carbocycles. The predicted molar refractivity (Wildman–Crippen MR) is 49.2 cm³/mol. The molecular formula is C7H15NO3S. The largest absolute Gasteiger partial charge is 0.480 e. The van der Waals surface area contributed by atoms with Gasteiger partial charge in [0, 0.05) is 12.4 Å². The minimum Gasteiger partial charge on any atom is -0.480 e. The molecule has 0 bridgehead atoms. The lowest BCUT2D eigenvalue weighted by Gasteiger charge is -2.08. The Labute approximate surface area is 76.1 Å². The van der Waals surface area contributed by atoms with E-state index in [9.17, 15) is 4.79 Å². The molecule has 0 fully saturated rings. The fourth-order valence-corrected chi connectivity index (χ4v) is 1.56. The third-order valence-corrected chi connectivity index (χ3v) is 2.73. The zero-order valence-electron chi connectivity index (χ0n) is 7.06. The summed E-state index contributed by atoms with van der Waals surface area (Å²) in [5.41, 5.74) is 5.26. The van der Waals surface area contributed by atoms with E-state index in [4.69, 9.17) is 15.9 Å². The molecule has 0 aliphatic heterocycles. The summed E-state index contributed by atoms with van der Waals surface area (Å²) in [6.45, 7) is 2.04. The van der Waals surface area contributed by atoms with Gasteiger partial charge >= 0.3 is 5.97 Å². The molecule has 0 saturated carbocycles. The minimum atomic E-state index is -0.973. The normalized spacial score (nSPS) is 15.6. The maximum absolute atomic E-state index is 10.3. The highest BCUT2D eigenvalue weighted by molar-refractivity contribution is 7.99. The van der Waals surface area contributed by atoms with Crippen LogP contribution in [0.5, 0.6) is 0 Å². The zero-order chi connectivity index (χ0) is 9.56. The molecule has 1 unspecified atom stereocenters. The molecule has 2 atom stereocenters. The number of carboxylic acids is 1. The molecular weight excluding hydrogens is 178 g/mol. The lowest BCUT2D eigenvalue weighted by atomic mass is 10.2. The van der Waals surface area contributed by atoms with Gasteiger partial charge in [0.25, 0.3) is 0 Å². The summed E-state index contributed by atoms with van der Waals surface area (Å²) >= 11 is 1.46. The molecule has 0 aliphatic rings. The molecule has 0 saturated heterocycles. The van der Waals surface area contributed by atoms with Crippen molar-refractivity contribution in [2.24, 2.45) is 11.7 Å². The second-order valence-corrected chi connectivity index (χ2v) is 3.84. The van der Waals surface area contributed by atoms with E-state index in [1.807, 2.05) is 6.92 Å². The number of carbonyl (C=O) groups is 1. The van der Waals surface area contributed by atoms with Crippen molar-refractivity contribution < 1.29 is 15.0 Å². The number of nitrogens with two attached hydrogens (primary N) is 1. The second kappa shape index (κ2) is 6.28. The smallest absolute Gasteiger partial charge is 0.321 e. The molecule has 0 aromatic carbocycles. The van der Waals surface area contributed by atoms with Gasteiger partial charge in [0.1, 0.15) is 6.04 Å². The molecule has 0 heterocycles. The first-order chi connectivity index (χ1) is 5.57. The van der Waals surface area contributed by atoms with Gasteiger partial charge in [0.05, 0.1) is 0 Å². The second-order valence-electron chi connectivity index (χ2n) is 2.77. The van der Waals surface area contributed by atoms with Crippen molar-refractivity contribution in [1.82, 2.24) is 0 Å². The Balaban J connectivity index is 3.37. The fourth-order valence-electron chi connectivity index (χ4n) is 0.520. The molecule has 4 N–H and O–H groups in total. The van der Waals surface area contributed by atoms with Crippen LogP contribution in [0.4, 0.5) is 0 Å². The van der Waals surface area contributed by atoms with E-state index in [0.29, 0.717) is 5.75 Å². The van der Waals surface area contributed by atoms with Gasteiger partial charge in [0.15, 0.2) is 0 Å². The summed E-state index contributed by atoms with van der Waals surface area (Å²) in [6, 6.07) is -0.791. The van der Waals surface area contributed by atoms with Gasteiger partial charge in [-0.15, -0.1) is 0 Å². The number of hydrogen-bond donors (Lipinski definition) is 3. The van der Waals surface area contributed by atoms with Crippen LogP contribution in [-0.2, 0) is 4.79 Å². The van der Waals surface area contributed by atoms with Gasteiger partial charge in [-0.05, 0) is 11.7 Å². The van der Waals surface area contributed by atoms with Crippen molar-refractivity contribution >= 4 is 17.7 Å². The van der Waals surface area contributed by atoms with Crippen LogP contribution in [0.3, 0.4) is 0 Å². The van der Waals surface area contributed by atoms with E-state index in [1.54, 1.807) is 0 Å². The number of rotatable bonds is 6. The van der Waals surface area contributed by atoms with E-state index in [1.165, 1.54) is 11.8 Å². The van der Waals surface area contributed by atoms with Gasteiger partial charge in [-0.2, -0.15) is 11.8 Å². The average molecular weight is 193 g/mol. The van der Waals surface area contributed by atoms with Crippen LogP contribution in [0.2, 0.25) is 0 Å².